The topological polar surface area (TPSA) is 82.1 Å². The van der Waals surface area contributed by atoms with Gasteiger partial charge in [0.2, 0.25) is 6.10 Å². The minimum Gasteiger partial charge on any atom is -0.494 e. The molecule has 0 aliphatic carbocycles. The highest BCUT2D eigenvalue weighted by Crippen LogP contribution is 2.32. The number of para-hydroxylation sites is 2. The molecule has 4 rings (SSSR count). The zero-order chi connectivity index (χ0) is 21.1. The van der Waals surface area contributed by atoms with Gasteiger partial charge in [-0.05, 0) is 43.2 Å². The van der Waals surface area contributed by atoms with Crippen LogP contribution in [0.4, 0.5) is 0 Å². The van der Waals surface area contributed by atoms with Gasteiger partial charge in [-0.2, -0.15) is 0 Å². The zero-order valence-corrected chi connectivity index (χ0v) is 17.6. The van der Waals surface area contributed by atoms with E-state index in [0.29, 0.717) is 31.1 Å². The van der Waals surface area contributed by atoms with E-state index in [9.17, 15) is 13.2 Å². The Labute approximate surface area is 176 Å². The third kappa shape index (κ3) is 4.53. The lowest BCUT2D eigenvalue weighted by molar-refractivity contribution is -0.143. The van der Waals surface area contributed by atoms with Crippen LogP contribution in [-0.2, 0) is 21.2 Å². The number of fused-ring (bicyclic) bond motifs is 1. The van der Waals surface area contributed by atoms with E-state index in [1.165, 1.54) is 0 Å². The van der Waals surface area contributed by atoms with Crippen LogP contribution in [0, 0.1) is 0 Å². The van der Waals surface area contributed by atoms with E-state index in [0.717, 1.165) is 11.3 Å². The van der Waals surface area contributed by atoms with E-state index in [1.54, 1.807) is 17.0 Å². The average molecular weight is 432 g/mol. The third-order valence-corrected chi connectivity index (χ3v) is 7.05. The third-order valence-electron chi connectivity index (χ3n) is 5.30. The molecule has 2 atom stereocenters. The van der Waals surface area contributed by atoms with Crippen molar-refractivity contribution >= 4 is 15.7 Å². The van der Waals surface area contributed by atoms with Crippen molar-refractivity contribution < 1.29 is 27.4 Å². The first-order valence-electron chi connectivity index (χ1n) is 10.1. The number of amides is 1. The van der Waals surface area contributed by atoms with Crippen molar-refractivity contribution in [3.05, 3.63) is 54.1 Å². The molecular formula is C22H25NO6S. The number of ether oxygens (including phenoxy) is 3. The molecule has 0 saturated carbocycles. The van der Waals surface area contributed by atoms with Crippen LogP contribution in [0.25, 0.3) is 0 Å². The molecule has 2 aliphatic heterocycles. The Kier molecular flexibility index (Phi) is 5.85. The van der Waals surface area contributed by atoms with Gasteiger partial charge in [0.1, 0.15) is 12.4 Å². The molecule has 0 aromatic heterocycles. The standard InChI is InChI=1S/C22H25NO6S/c1-2-27-18-9-7-16(8-10-18)13-23(17-11-12-30(25,26)15-17)22(24)21-14-28-19-5-3-4-6-20(19)29-21/h3-10,17,21H,2,11-15H2,1H3/t17-,21-/m1/s1. The Hall–Kier alpha value is -2.74. The Bertz CT molecular complexity index is 1000. The summed E-state index contributed by atoms with van der Waals surface area (Å²) in [4.78, 5) is 15.0. The van der Waals surface area contributed by atoms with Crippen molar-refractivity contribution in [2.24, 2.45) is 0 Å². The highest BCUT2D eigenvalue weighted by molar-refractivity contribution is 7.91. The molecule has 1 fully saturated rings. The minimum atomic E-state index is -3.15. The second-order valence-corrected chi connectivity index (χ2v) is 9.69. The van der Waals surface area contributed by atoms with Crippen molar-refractivity contribution in [1.29, 1.82) is 0 Å². The summed E-state index contributed by atoms with van der Waals surface area (Å²) in [5.74, 6) is 1.67. The minimum absolute atomic E-state index is 0.0278. The zero-order valence-electron chi connectivity index (χ0n) is 16.8. The normalized spacial score (nSPS) is 21.8. The molecule has 0 unspecified atom stereocenters. The van der Waals surface area contributed by atoms with Crippen molar-refractivity contribution in [3.8, 4) is 17.2 Å². The van der Waals surface area contributed by atoms with E-state index >= 15 is 0 Å². The Morgan fingerprint density at radius 3 is 2.53 bits per heavy atom. The number of carbonyl (C=O) groups excluding carboxylic acids is 1. The molecule has 160 valence electrons. The van der Waals surface area contributed by atoms with E-state index in [2.05, 4.69) is 0 Å². The number of hydrogen-bond donors (Lipinski definition) is 0. The van der Waals surface area contributed by atoms with Crippen molar-refractivity contribution in [2.75, 3.05) is 24.7 Å². The number of nitrogens with zero attached hydrogens (tertiary/aromatic N) is 1. The molecule has 30 heavy (non-hydrogen) atoms. The van der Waals surface area contributed by atoms with Gasteiger partial charge in [0.25, 0.3) is 5.91 Å². The lowest BCUT2D eigenvalue weighted by Gasteiger charge is -2.34. The highest BCUT2D eigenvalue weighted by Gasteiger charge is 2.39. The molecule has 1 amide bonds. The summed E-state index contributed by atoms with van der Waals surface area (Å²) in [6.45, 7) is 2.88. The van der Waals surface area contributed by atoms with E-state index in [1.807, 2.05) is 43.3 Å². The van der Waals surface area contributed by atoms with E-state index < -0.39 is 15.9 Å². The summed E-state index contributed by atoms with van der Waals surface area (Å²) in [5, 5.41) is 0. The van der Waals surface area contributed by atoms with E-state index in [-0.39, 0.29) is 30.1 Å². The van der Waals surface area contributed by atoms with Gasteiger partial charge in [0, 0.05) is 12.6 Å². The molecule has 0 N–H and O–H groups in total. The maximum atomic E-state index is 13.4. The van der Waals surface area contributed by atoms with Crippen LogP contribution in [0.1, 0.15) is 18.9 Å². The molecule has 2 aromatic rings. The molecule has 0 bridgehead atoms. The summed E-state index contributed by atoms with van der Waals surface area (Å²) in [6, 6.07) is 14.3. The van der Waals surface area contributed by atoms with Gasteiger partial charge in [0.15, 0.2) is 21.3 Å². The van der Waals surface area contributed by atoms with Crippen LogP contribution in [0.2, 0.25) is 0 Å². The molecule has 1 saturated heterocycles. The quantitative estimate of drug-likeness (QED) is 0.699. The molecule has 2 aromatic carbocycles. The monoisotopic (exact) mass is 431 g/mol. The number of carbonyl (C=O) groups is 1. The fourth-order valence-electron chi connectivity index (χ4n) is 3.79. The summed E-state index contributed by atoms with van der Waals surface area (Å²) in [6.07, 6.45) is -0.388. The molecule has 7 nitrogen and oxygen atoms in total. The average Bonchev–Trinajstić information content (AvgIpc) is 3.12. The predicted octanol–water partition coefficient (Wildman–Crippen LogP) is 2.44. The van der Waals surface area contributed by atoms with Crippen LogP contribution in [0.3, 0.4) is 0 Å². The Morgan fingerprint density at radius 2 is 1.87 bits per heavy atom. The van der Waals surface area contributed by atoms with Gasteiger partial charge in [0.05, 0.1) is 18.1 Å². The first-order chi connectivity index (χ1) is 14.4. The fraction of sp³-hybridized carbons (Fsp3) is 0.409. The highest BCUT2D eigenvalue weighted by atomic mass is 32.2. The molecule has 0 spiro atoms. The lowest BCUT2D eigenvalue weighted by Crippen LogP contribution is -2.50. The molecule has 0 radical (unpaired) electrons. The van der Waals surface area contributed by atoms with Gasteiger partial charge in [-0.1, -0.05) is 24.3 Å². The van der Waals surface area contributed by atoms with Gasteiger partial charge in [-0.25, -0.2) is 8.42 Å². The maximum absolute atomic E-state index is 13.4. The predicted molar refractivity (Wildman–Crippen MR) is 112 cm³/mol. The van der Waals surface area contributed by atoms with Gasteiger partial charge in [-0.15, -0.1) is 0 Å². The fourth-order valence-corrected chi connectivity index (χ4v) is 5.52. The molecule has 8 heteroatoms. The number of benzene rings is 2. The first-order valence-corrected chi connectivity index (χ1v) is 11.9. The van der Waals surface area contributed by atoms with Crippen molar-refractivity contribution in [1.82, 2.24) is 4.90 Å². The van der Waals surface area contributed by atoms with Gasteiger partial charge < -0.3 is 19.1 Å². The van der Waals surface area contributed by atoms with Crippen LogP contribution in [-0.4, -0.2) is 56.1 Å². The van der Waals surface area contributed by atoms with Crippen LogP contribution >= 0.6 is 0 Å². The van der Waals surface area contributed by atoms with Crippen molar-refractivity contribution in [2.45, 2.75) is 32.0 Å². The Balaban J connectivity index is 1.55. The molecule has 2 heterocycles. The lowest BCUT2D eigenvalue weighted by atomic mass is 10.1. The van der Waals surface area contributed by atoms with Crippen LogP contribution in [0.5, 0.6) is 17.2 Å². The van der Waals surface area contributed by atoms with E-state index in [4.69, 9.17) is 14.2 Å². The molecular weight excluding hydrogens is 406 g/mol. The summed E-state index contributed by atoms with van der Waals surface area (Å²) in [7, 11) is -3.15. The molecule has 2 aliphatic rings. The SMILES string of the molecule is CCOc1ccc(CN(C(=O)[C@H]2COc3ccccc3O2)[C@@H]2CCS(=O)(=O)C2)cc1. The van der Waals surface area contributed by atoms with Crippen molar-refractivity contribution in [3.63, 3.8) is 0 Å². The van der Waals surface area contributed by atoms with Crippen LogP contribution in [0.15, 0.2) is 48.5 Å². The number of rotatable bonds is 6. The number of sulfone groups is 1. The summed E-state index contributed by atoms with van der Waals surface area (Å²) >= 11 is 0. The second-order valence-electron chi connectivity index (χ2n) is 7.46. The maximum Gasteiger partial charge on any atom is 0.267 e. The van der Waals surface area contributed by atoms with Crippen LogP contribution < -0.4 is 14.2 Å². The number of hydrogen-bond acceptors (Lipinski definition) is 6. The largest absolute Gasteiger partial charge is 0.494 e. The smallest absolute Gasteiger partial charge is 0.267 e. The Morgan fingerprint density at radius 1 is 1.13 bits per heavy atom. The second kappa shape index (κ2) is 8.55. The summed E-state index contributed by atoms with van der Waals surface area (Å²) in [5.41, 5.74) is 0.897. The van der Waals surface area contributed by atoms with Gasteiger partial charge >= 0.3 is 0 Å². The summed E-state index contributed by atoms with van der Waals surface area (Å²) < 4.78 is 41.2. The first kappa shape index (κ1) is 20.5. The van der Waals surface area contributed by atoms with Gasteiger partial charge in [-0.3, -0.25) is 4.79 Å².